The second-order valence-electron chi connectivity index (χ2n) is 6.48. The van der Waals surface area contributed by atoms with Gasteiger partial charge in [0, 0.05) is 48.6 Å². The third kappa shape index (κ3) is 4.55. The Hall–Kier alpha value is -1.63. The van der Waals surface area contributed by atoms with Crippen LogP contribution in [0.3, 0.4) is 0 Å². The van der Waals surface area contributed by atoms with Crippen LogP contribution in [0.4, 0.5) is 0 Å². The summed E-state index contributed by atoms with van der Waals surface area (Å²) >= 11 is 7.70. The molecule has 1 aromatic heterocycles. The van der Waals surface area contributed by atoms with Crippen LogP contribution in [0, 0.1) is 12.8 Å². The average Bonchev–Trinajstić information content (AvgIpc) is 3.24. The third-order valence-corrected chi connectivity index (χ3v) is 5.78. The Morgan fingerprint density at radius 2 is 2.19 bits per heavy atom. The predicted molar refractivity (Wildman–Crippen MR) is 109 cm³/mol. The van der Waals surface area contributed by atoms with Crippen LogP contribution in [0.5, 0.6) is 0 Å². The molecule has 2 heterocycles. The summed E-state index contributed by atoms with van der Waals surface area (Å²) in [7, 11) is 3.59. The van der Waals surface area contributed by atoms with Gasteiger partial charge in [-0.25, -0.2) is 4.98 Å². The maximum absolute atomic E-state index is 5.98. The molecule has 1 aromatic carbocycles. The Balaban J connectivity index is 1.62. The molecule has 7 heteroatoms. The minimum atomic E-state index is 0.581. The van der Waals surface area contributed by atoms with E-state index in [0.29, 0.717) is 12.5 Å². The molecule has 1 fully saturated rings. The zero-order chi connectivity index (χ0) is 18.5. The van der Waals surface area contributed by atoms with Crippen molar-refractivity contribution in [2.75, 3.05) is 33.9 Å². The van der Waals surface area contributed by atoms with E-state index in [1.165, 1.54) is 4.88 Å². The number of methoxy groups -OCH3 is 1. The van der Waals surface area contributed by atoms with E-state index < -0.39 is 0 Å². The van der Waals surface area contributed by atoms with Gasteiger partial charge in [0.05, 0.1) is 18.8 Å². The molecule has 1 atom stereocenters. The molecule has 1 saturated heterocycles. The standard InChI is InChI=1S/C19H25ClN4OS/c1-13-18(15-4-6-16(20)7-5-15)23-17(26-13)10-22-19(21-2)24-9-8-14(11-24)12-25-3/h4-7,14H,8-12H2,1-3H3,(H,21,22). The molecular weight excluding hydrogens is 368 g/mol. The first-order valence-corrected chi connectivity index (χ1v) is 9.97. The summed E-state index contributed by atoms with van der Waals surface area (Å²) in [4.78, 5) is 12.7. The van der Waals surface area contributed by atoms with Crippen LogP contribution >= 0.6 is 22.9 Å². The lowest BCUT2D eigenvalue weighted by Gasteiger charge is -2.21. The number of hydrogen-bond acceptors (Lipinski definition) is 4. The molecule has 0 amide bonds. The van der Waals surface area contributed by atoms with Gasteiger partial charge in [-0.3, -0.25) is 4.99 Å². The van der Waals surface area contributed by atoms with E-state index in [2.05, 4.69) is 22.1 Å². The molecule has 0 bridgehead atoms. The van der Waals surface area contributed by atoms with Crippen molar-refractivity contribution in [3.05, 3.63) is 39.2 Å². The van der Waals surface area contributed by atoms with E-state index in [1.54, 1.807) is 18.4 Å². The van der Waals surface area contributed by atoms with Gasteiger partial charge < -0.3 is 15.0 Å². The van der Waals surface area contributed by atoms with Gasteiger partial charge in [-0.1, -0.05) is 23.7 Å². The summed E-state index contributed by atoms with van der Waals surface area (Å²) in [6.07, 6.45) is 1.14. The maximum atomic E-state index is 5.98. The van der Waals surface area contributed by atoms with Gasteiger partial charge in [-0.05, 0) is 25.5 Å². The molecule has 140 valence electrons. The molecule has 0 spiro atoms. The lowest BCUT2D eigenvalue weighted by molar-refractivity contribution is 0.157. The Kier molecular flexibility index (Phi) is 6.51. The average molecular weight is 393 g/mol. The summed E-state index contributed by atoms with van der Waals surface area (Å²) in [5.74, 6) is 1.52. The highest BCUT2D eigenvalue weighted by Crippen LogP contribution is 2.28. The first-order valence-electron chi connectivity index (χ1n) is 8.77. The van der Waals surface area contributed by atoms with Crippen molar-refractivity contribution in [2.45, 2.75) is 19.9 Å². The second-order valence-corrected chi connectivity index (χ2v) is 8.20. The van der Waals surface area contributed by atoms with E-state index in [9.17, 15) is 0 Å². The number of aliphatic imine (C=N–C) groups is 1. The predicted octanol–water partition coefficient (Wildman–Crippen LogP) is 3.82. The molecule has 26 heavy (non-hydrogen) atoms. The number of hydrogen-bond donors (Lipinski definition) is 1. The molecule has 0 aliphatic carbocycles. The zero-order valence-corrected chi connectivity index (χ0v) is 17.0. The fourth-order valence-electron chi connectivity index (χ4n) is 3.29. The van der Waals surface area contributed by atoms with Crippen LogP contribution in [-0.4, -0.2) is 49.7 Å². The molecule has 5 nitrogen and oxygen atoms in total. The molecule has 1 unspecified atom stereocenters. The summed E-state index contributed by atoms with van der Waals surface area (Å²) in [5.41, 5.74) is 2.13. The van der Waals surface area contributed by atoms with Crippen molar-refractivity contribution < 1.29 is 4.74 Å². The Morgan fingerprint density at radius 1 is 1.42 bits per heavy atom. The van der Waals surface area contributed by atoms with Crippen LogP contribution in [0.15, 0.2) is 29.3 Å². The Morgan fingerprint density at radius 3 is 2.88 bits per heavy atom. The number of ether oxygens (including phenoxy) is 1. The molecule has 0 saturated carbocycles. The first kappa shape index (κ1) is 19.1. The smallest absolute Gasteiger partial charge is 0.194 e. The summed E-state index contributed by atoms with van der Waals surface area (Å²) < 4.78 is 5.28. The number of guanidine groups is 1. The van der Waals surface area contributed by atoms with Crippen LogP contribution < -0.4 is 5.32 Å². The number of thiazole rings is 1. The van der Waals surface area contributed by atoms with Gasteiger partial charge in [0.15, 0.2) is 5.96 Å². The van der Waals surface area contributed by atoms with Crippen LogP contribution in [0.25, 0.3) is 11.3 Å². The molecule has 1 aliphatic heterocycles. The highest BCUT2D eigenvalue weighted by Gasteiger charge is 2.24. The highest BCUT2D eigenvalue weighted by molar-refractivity contribution is 7.12. The van der Waals surface area contributed by atoms with Crippen molar-refractivity contribution in [3.63, 3.8) is 0 Å². The molecule has 3 rings (SSSR count). The van der Waals surface area contributed by atoms with E-state index in [1.807, 2.05) is 31.3 Å². The first-order chi connectivity index (χ1) is 12.6. The second kappa shape index (κ2) is 8.84. The van der Waals surface area contributed by atoms with E-state index >= 15 is 0 Å². The molecular formula is C19H25ClN4OS. The van der Waals surface area contributed by atoms with Crippen molar-refractivity contribution >= 4 is 28.9 Å². The third-order valence-electron chi connectivity index (χ3n) is 4.56. The van der Waals surface area contributed by atoms with Gasteiger partial charge in [-0.2, -0.15) is 0 Å². The fraction of sp³-hybridized carbons (Fsp3) is 0.474. The molecule has 2 aromatic rings. The van der Waals surface area contributed by atoms with Gasteiger partial charge in [0.1, 0.15) is 5.01 Å². The lowest BCUT2D eigenvalue weighted by atomic mass is 10.1. The van der Waals surface area contributed by atoms with E-state index in [4.69, 9.17) is 21.3 Å². The Bertz CT molecular complexity index is 759. The number of halogens is 1. The van der Waals surface area contributed by atoms with Crippen LogP contribution in [0.1, 0.15) is 16.3 Å². The van der Waals surface area contributed by atoms with Gasteiger partial charge in [0.2, 0.25) is 0 Å². The number of aromatic nitrogens is 1. The largest absolute Gasteiger partial charge is 0.384 e. The number of benzene rings is 1. The number of aryl methyl sites for hydroxylation is 1. The van der Waals surface area contributed by atoms with Gasteiger partial charge >= 0.3 is 0 Å². The summed E-state index contributed by atoms with van der Waals surface area (Å²) in [6.45, 7) is 5.59. The van der Waals surface area contributed by atoms with Crippen molar-refractivity contribution in [3.8, 4) is 11.3 Å². The topological polar surface area (TPSA) is 49.8 Å². The molecule has 1 aliphatic rings. The van der Waals surface area contributed by atoms with Crippen molar-refractivity contribution in [2.24, 2.45) is 10.9 Å². The monoisotopic (exact) mass is 392 g/mol. The Labute approximate surface area is 164 Å². The molecule has 0 radical (unpaired) electrons. The number of nitrogens with zero attached hydrogens (tertiary/aromatic N) is 3. The zero-order valence-electron chi connectivity index (χ0n) is 15.5. The highest BCUT2D eigenvalue weighted by atomic mass is 35.5. The van der Waals surface area contributed by atoms with Crippen LogP contribution in [-0.2, 0) is 11.3 Å². The number of nitrogens with one attached hydrogen (secondary N) is 1. The molecule has 1 N–H and O–H groups in total. The number of likely N-dealkylation sites (tertiary alicyclic amines) is 1. The quantitative estimate of drug-likeness (QED) is 0.620. The van der Waals surface area contributed by atoms with E-state index in [-0.39, 0.29) is 0 Å². The van der Waals surface area contributed by atoms with Crippen molar-refractivity contribution in [1.29, 1.82) is 0 Å². The van der Waals surface area contributed by atoms with Crippen molar-refractivity contribution in [1.82, 2.24) is 15.2 Å². The summed E-state index contributed by atoms with van der Waals surface area (Å²) in [5, 5.41) is 5.25. The van der Waals surface area contributed by atoms with Gasteiger partial charge in [0.25, 0.3) is 0 Å². The minimum Gasteiger partial charge on any atom is -0.384 e. The van der Waals surface area contributed by atoms with E-state index in [0.717, 1.165) is 53.4 Å². The SMILES string of the molecule is CN=C(NCc1nc(-c2ccc(Cl)cc2)c(C)s1)N1CCC(COC)C1. The van der Waals surface area contributed by atoms with Crippen LogP contribution in [0.2, 0.25) is 5.02 Å². The number of rotatable bonds is 5. The minimum absolute atomic E-state index is 0.581. The summed E-state index contributed by atoms with van der Waals surface area (Å²) in [6, 6.07) is 7.83. The maximum Gasteiger partial charge on any atom is 0.194 e. The normalized spacial score (nSPS) is 17.8. The lowest BCUT2D eigenvalue weighted by Crippen LogP contribution is -2.39. The fourth-order valence-corrected chi connectivity index (χ4v) is 4.31. The van der Waals surface area contributed by atoms with Gasteiger partial charge in [-0.15, -0.1) is 11.3 Å².